The van der Waals surface area contributed by atoms with Crippen LogP contribution in [0.4, 0.5) is 0 Å². The molecule has 0 aliphatic heterocycles. The molecule has 0 atom stereocenters. The van der Waals surface area contributed by atoms with Crippen LogP contribution in [0, 0.1) is 0 Å². The topological polar surface area (TPSA) is 46.5 Å². The van der Waals surface area contributed by atoms with Crippen LogP contribution in [0.1, 0.15) is 28.8 Å². The van der Waals surface area contributed by atoms with E-state index in [9.17, 15) is 4.79 Å². The first-order valence-corrected chi connectivity index (χ1v) is 5.23. The first-order valence-electron chi connectivity index (χ1n) is 5.23. The van der Waals surface area contributed by atoms with Crippen LogP contribution in [0.25, 0.3) is 6.08 Å². The van der Waals surface area contributed by atoms with Crippen LogP contribution in [0.5, 0.6) is 0 Å². The molecule has 0 fully saturated rings. The highest BCUT2D eigenvalue weighted by Crippen LogP contribution is 2.09. The SMILES string of the molecule is COC(=O)c1cccc(/C=C/CCCO)c1. The molecule has 1 aromatic carbocycles. The number of methoxy groups -OCH3 is 1. The molecule has 1 N–H and O–H groups in total. The fraction of sp³-hybridized carbons (Fsp3) is 0.308. The number of ether oxygens (including phenoxy) is 1. The van der Waals surface area contributed by atoms with E-state index in [1.807, 2.05) is 24.3 Å². The number of aliphatic hydroxyl groups excluding tert-OH is 1. The summed E-state index contributed by atoms with van der Waals surface area (Å²) in [6.07, 6.45) is 5.50. The van der Waals surface area contributed by atoms with Gasteiger partial charge >= 0.3 is 5.97 Å². The van der Waals surface area contributed by atoms with Crippen molar-refractivity contribution >= 4 is 12.0 Å². The van der Waals surface area contributed by atoms with Gasteiger partial charge in [-0.15, -0.1) is 0 Å². The molecule has 3 nitrogen and oxygen atoms in total. The number of aliphatic hydroxyl groups is 1. The summed E-state index contributed by atoms with van der Waals surface area (Å²) >= 11 is 0. The van der Waals surface area contributed by atoms with Gasteiger partial charge in [0.25, 0.3) is 0 Å². The van der Waals surface area contributed by atoms with E-state index in [0.717, 1.165) is 18.4 Å². The predicted molar refractivity (Wildman–Crippen MR) is 63.1 cm³/mol. The quantitative estimate of drug-likeness (QED) is 0.611. The predicted octanol–water partition coefficient (Wildman–Crippen LogP) is 2.26. The number of hydrogen-bond acceptors (Lipinski definition) is 3. The molecule has 0 aliphatic carbocycles. The lowest BCUT2D eigenvalue weighted by Gasteiger charge is -2.00. The summed E-state index contributed by atoms with van der Waals surface area (Å²) < 4.78 is 4.64. The van der Waals surface area contributed by atoms with E-state index in [1.165, 1.54) is 7.11 Å². The Hall–Kier alpha value is -1.61. The first kappa shape index (κ1) is 12.5. The van der Waals surface area contributed by atoms with Gasteiger partial charge in [0.1, 0.15) is 0 Å². The van der Waals surface area contributed by atoms with Crippen molar-refractivity contribution in [3.63, 3.8) is 0 Å². The number of carbonyl (C=O) groups excluding carboxylic acids is 1. The number of allylic oxidation sites excluding steroid dienone is 1. The van der Waals surface area contributed by atoms with Gasteiger partial charge < -0.3 is 9.84 Å². The zero-order valence-electron chi connectivity index (χ0n) is 9.35. The van der Waals surface area contributed by atoms with Gasteiger partial charge in [-0.3, -0.25) is 0 Å². The maximum atomic E-state index is 11.3. The van der Waals surface area contributed by atoms with E-state index in [4.69, 9.17) is 5.11 Å². The Morgan fingerprint density at radius 2 is 2.31 bits per heavy atom. The van der Waals surface area contributed by atoms with E-state index < -0.39 is 0 Å². The van der Waals surface area contributed by atoms with Gasteiger partial charge in [-0.05, 0) is 30.5 Å². The average molecular weight is 220 g/mol. The third kappa shape index (κ3) is 3.87. The van der Waals surface area contributed by atoms with Crippen LogP contribution in [-0.4, -0.2) is 24.8 Å². The minimum atomic E-state index is -0.328. The molecule has 1 rings (SSSR count). The Labute approximate surface area is 95.4 Å². The maximum Gasteiger partial charge on any atom is 0.337 e. The van der Waals surface area contributed by atoms with Crippen molar-refractivity contribution in [2.45, 2.75) is 12.8 Å². The lowest BCUT2D eigenvalue weighted by molar-refractivity contribution is 0.0600. The van der Waals surface area contributed by atoms with Crippen LogP contribution in [-0.2, 0) is 4.74 Å². The molecule has 0 heterocycles. The van der Waals surface area contributed by atoms with Gasteiger partial charge in [0.2, 0.25) is 0 Å². The van der Waals surface area contributed by atoms with Crippen LogP contribution in [0.3, 0.4) is 0 Å². The summed E-state index contributed by atoms with van der Waals surface area (Å²) in [7, 11) is 1.37. The Bertz CT molecular complexity index is 369. The normalized spacial score (nSPS) is 10.6. The smallest absolute Gasteiger partial charge is 0.337 e. The van der Waals surface area contributed by atoms with E-state index in [-0.39, 0.29) is 12.6 Å². The van der Waals surface area contributed by atoms with Gasteiger partial charge in [0.05, 0.1) is 12.7 Å². The van der Waals surface area contributed by atoms with Gasteiger partial charge in [-0.25, -0.2) is 4.79 Å². The summed E-state index contributed by atoms with van der Waals surface area (Å²) in [5.74, 6) is -0.328. The molecular formula is C13H16O3. The van der Waals surface area contributed by atoms with Crippen molar-refractivity contribution in [1.29, 1.82) is 0 Å². The number of carbonyl (C=O) groups is 1. The molecule has 0 unspecified atom stereocenters. The Balaban J connectivity index is 2.67. The maximum absolute atomic E-state index is 11.3. The van der Waals surface area contributed by atoms with Crippen LogP contribution in [0.15, 0.2) is 30.3 Å². The minimum Gasteiger partial charge on any atom is -0.465 e. The van der Waals surface area contributed by atoms with Gasteiger partial charge in [-0.1, -0.05) is 24.3 Å². The summed E-state index contributed by atoms with van der Waals surface area (Å²) in [5, 5.41) is 8.62. The Morgan fingerprint density at radius 3 is 3.00 bits per heavy atom. The van der Waals surface area contributed by atoms with Crippen LogP contribution in [0.2, 0.25) is 0 Å². The van der Waals surface area contributed by atoms with Crippen molar-refractivity contribution in [3.8, 4) is 0 Å². The second kappa shape index (κ2) is 6.80. The molecule has 0 saturated carbocycles. The molecule has 0 aliphatic rings. The van der Waals surface area contributed by atoms with Gasteiger partial charge in [0.15, 0.2) is 0 Å². The Kier molecular flexibility index (Phi) is 5.29. The van der Waals surface area contributed by atoms with Crippen molar-refractivity contribution < 1.29 is 14.6 Å². The summed E-state index contributed by atoms with van der Waals surface area (Å²) in [6.45, 7) is 0.201. The third-order valence-corrected chi connectivity index (χ3v) is 2.15. The molecule has 0 radical (unpaired) electrons. The van der Waals surface area contributed by atoms with E-state index in [2.05, 4.69) is 4.74 Å². The van der Waals surface area contributed by atoms with Crippen LogP contribution < -0.4 is 0 Å². The van der Waals surface area contributed by atoms with E-state index in [1.54, 1.807) is 12.1 Å². The van der Waals surface area contributed by atoms with E-state index in [0.29, 0.717) is 5.56 Å². The molecule has 0 amide bonds. The number of rotatable bonds is 5. The van der Waals surface area contributed by atoms with Crippen molar-refractivity contribution in [2.75, 3.05) is 13.7 Å². The zero-order valence-corrected chi connectivity index (χ0v) is 9.35. The second-order valence-corrected chi connectivity index (χ2v) is 3.39. The standard InChI is InChI=1S/C13H16O3/c1-16-13(15)12-8-5-7-11(10-12)6-3-2-4-9-14/h3,5-8,10,14H,2,4,9H2,1H3/b6-3+. The van der Waals surface area contributed by atoms with Gasteiger partial charge in [-0.2, -0.15) is 0 Å². The van der Waals surface area contributed by atoms with E-state index >= 15 is 0 Å². The number of benzene rings is 1. The van der Waals surface area contributed by atoms with Crippen molar-refractivity contribution in [3.05, 3.63) is 41.5 Å². The highest BCUT2D eigenvalue weighted by molar-refractivity contribution is 5.89. The molecule has 16 heavy (non-hydrogen) atoms. The zero-order chi connectivity index (χ0) is 11.8. The molecular weight excluding hydrogens is 204 g/mol. The first-order chi connectivity index (χ1) is 7.77. The highest BCUT2D eigenvalue weighted by Gasteiger charge is 2.03. The third-order valence-electron chi connectivity index (χ3n) is 2.15. The Morgan fingerprint density at radius 1 is 1.50 bits per heavy atom. The number of esters is 1. The largest absolute Gasteiger partial charge is 0.465 e. The number of unbranched alkanes of at least 4 members (excludes halogenated alkanes) is 1. The fourth-order valence-electron chi connectivity index (χ4n) is 1.32. The van der Waals surface area contributed by atoms with Crippen LogP contribution >= 0.6 is 0 Å². The summed E-state index contributed by atoms with van der Waals surface area (Å²) in [6, 6.07) is 7.23. The molecule has 0 aromatic heterocycles. The second-order valence-electron chi connectivity index (χ2n) is 3.39. The summed E-state index contributed by atoms with van der Waals surface area (Å²) in [4.78, 5) is 11.3. The van der Waals surface area contributed by atoms with Crippen molar-refractivity contribution in [2.24, 2.45) is 0 Å². The minimum absolute atomic E-state index is 0.201. The van der Waals surface area contributed by atoms with Gasteiger partial charge in [0, 0.05) is 6.61 Å². The fourth-order valence-corrected chi connectivity index (χ4v) is 1.32. The molecule has 0 spiro atoms. The highest BCUT2D eigenvalue weighted by atomic mass is 16.5. The lowest BCUT2D eigenvalue weighted by Crippen LogP contribution is -2.00. The summed E-state index contributed by atoms with van der Waals surface area (Å²) in [5.41, 5.74) is 1.51. The molecule has 3 heteroatoms. The number of hydrogen-bond donors (Lipinski definition) is 1. The monoisotopic (exact) mass is 220 g/mol. The molecule has 0 saturated heterocycles. The molecule has 86 valence electrons. The molecule has 0 bridgehead atoms. The lowest BCUT2D eigenvalue weighted by atomic mass is 10.1. The average Bonchev–Trinajstić information content (AvgIpc) is 2.34. The van der Waals surface area contributed by atoms with Crippen molar-refractivity contribution in [1.82, 2.24) is 0 Å². The molecule has 1 aromatic rings.